The van der Waals surface area contributed by atoms with Gasteiger partial charge in [0.25, 0.3) is 0 Å². The molecule has 0 aromatic heterocycles. The Bertz CT molecular complexity index is 149. The smallest absolute Gasteiger partial charge is 0.790 e. The Hall–Kier alpha value is 0.693. The molecular weight excluding hydrogens is 272 g/mol. The second kappa shape index (κ2) is 12.8. The van der Waals surface area contributed by atoms with Crippen LogP contribution in [-0.2, 0) is 24.0 Å². The Kier molecular flexibility index (Phi) is 17.9. The second-order valence-electron chi connectivity index (χ2n) is 3.07. The van der Waals surface area contributed by atoms with Crippen molar-refractivity contribution in [3.63, 3.8) is 0 Å². The zero-order valence-corrected chi connectivity index (χ0v) is 13.2. The van der Waals surface area contributed by atoms with Crippen LogP contribution in [0.1, 0.15) is 39.5 Å². The first-order chi connectivity index (χ1) is 6.35. The molecule has 0 aromatic rings. The third-order valence-corrected chi connectivity index (χ3v) is 1.80. The quantitative estimate of drug-likeness (QED) is 0.548. The van der Waals surface area contributed by atoms with E-state index in [1.807, 2.05) is 0 Å². The first-order valence-corrected chi connectivity index (χ1v) is 6.20. The van der Waals surface area contributed by atoms with Gasteiger partial charge in [-0.05, 0) is 12.3 Å². The normalized spacial score (nSPS) is 12.1. The Labute approximate surface area is 104 Å². The van der Waals surface area contributed by atoms with Gasteiger partial charge in [-0.15, -0.1) is 0 Å². The molecule has 1 unspecified atom stereocenters. The Morgan fingerprint density at radius 1 is 1.33 bits per heavy atom. The van der Waals surface area contributed by atoms with E-state index in [1.165, 1.54) is 19.3 Å². The first-order valence-electron chi connectivity index (χ1n) is 4.70. The van der Waals surface area contributed by atoms with E-state index in [0.717, 1.165) is 6.42 Å². The van der Waals surface area contributed by atoms with Crippen molar-refractivity contribution in [2.45, 2.75) is 39.5 Å². The van der Waals surface area contributed by atoms with Crippen LogP contribution < -0.4 is 9.79 Å². The fourth-order valence-electron chi connectivity index (χ4n) is 0.917. The van der Waals surface area contributed by atoms with E-state index in [9.17, 15) is 0 Å². The maximum atomic E-state index is 8.75. The van der Waals surface area contributed by atoms with Crippen LogP contribution in [-0.4, -0.2) is 16.6 Å². The van der Waals surface area contributed by atoms with Gasteiger partial charge in [-0.1, -0.05) is 33.1 Å². The van der Waals surface area contributed by atoms with E-state index in [0.29, 0.717) is 12.5 Å². The molecule has 0 spiro atoms. The summed E-state index contributed by atoms with van der Waals surface area (Å²) in [5.41, 5.74) is 0. The van der Waals surface area contributed by atoms with Crippen molar-refractivity contribution in [3.8, 4) is 0 Å². The van der Waals surface area contributed by atoms with E-state index in [4.69, 9.17) is 24.4 Å². The number of hydrogen-bond donors (Lipinski definition) is 2. The number of phosphoric acid groups is 1. The predicted octanol–water partition coefficient (Wildman–Crippen LogP) is -0.000000000000000111. The molecule has 15 heavy (non-hydrogen) atoms. The summed E-state index contributed by atoms with van der Waals surface area (Å²) in [5.74, 6) is 0.560. The minimum atomic E-state index is -5.14. The Morgan fingerprint density at radius 3 is 1.93 bits per heavy atom. The first kappa shape index (κ1) is 21.0. The maximum absolute atomic E-state index is 8.75. The van der Waals surface area contributed by atoms with Crippen molar-refractivity contribution >= 4 is 7.82 Å². The molecule has 0 saturated heterocycles. The van der Waals surface area contributed by atoms with E-state index in [2.05, 4.69) is 13.8 Å². The summed E-state index contributed by atoms with van der Waals surface area (Å²) in [6.07, 6.45) is 4.83. The molecule has 0 aliphatic heterocycles. The van der Waals surface area contributed by atoms with Gasteiger partial charge in [-0.25, -0.2) is 0 Å². The number of hydrogen-bond acceptors (Lipinski definition) is 4. The van der Waals surface area contributed by atoms with Gasteiger partial charge in [0.2, 0.25) is 0 Å². The van der Waals surface area contributed by atoms with Gasteiger partial charge in [-0.2, -0.15) is 0 Å². The molecule has 7 heteroatoms. The van der Waals surface area contributed by atoms with Crippen LogP contribution in [0, 0.1) is 5.92 Å². The fraction of sp³-hybridized carbons (Fsp3) is 1.00. The van der Waals surface area contributed by atoms with Gasteiger partial charge in [0.1, 0.15) is 0 Å². The van der Waals surface area contributed by atoms with Gasteiger partial charge < -0.3 is 24.4 Å². The van der Waals surface area contributed by atoms with Crippen LogP contribution in [0.3, 0.4) is 0 Å². The van der Waals surface area contributed by atoms with E-state index < -0.39 is 7.82 Å². The minimum Gasteiger partial charge on any atom is -0.790 e. The van der Waals surface area contributed by atoms with Crippen molar-refractivity contribution in [1.82, 2.24) is 0 Å². The van der Waals surface area contributed by atoms with Crippen molar-refractivity contribution in [1.29, 1.82) is 0 Å². The third kappa shape index (κ3) is 31.3. The molecule has 0 aliphatic carbocycles. The molecule has 0 saturated carbocycles. The van der Waals surface area contributed by atoms with Gasteiger partial charge >= 0.3 is 19.5 Å². The maximum Gasteiger partial charge on any atom is 2.00 e. The van der Waals surface area contributed by atoms with E-state index in [1.54, 1.807) is 0 Å². The largest absolute Gasteiger partial charge is 2.00 e. The fourth-order valence-corrected chi connectivity index (χ4v) is 0.917. The summed E-state index contributed by atoms with van der Waals surface area (Å²) in [6, 6.07) is 0. The summed E-state index contributed by atoms with van der Waals surface area (Å²) in [5, 5.41) is 8.75. The second-order valence-corrected chi connectivity index (χ2v) is 4.00. The van der Waals surface area contributed by atoms with Gasteiger partial charge in [0.15, 0.2) is 0 Å². The molecule has 0 rings (SSSR count). The molecule has 0 heterocycles. The molecule has 0 bridgehead atoms. The summed E-state index contributed by atoms with van der Waals surface area (Å²) < 4.78 is 8.66. The average Bonchev–Trinajstić information content (AvgIpc) is 2.04. The molecular formula is C8H19O5PZn. The zero-order chi connectivity index (χ0) is 11.6. The summed E-state index contributed by atoms with van der Waals surface area (Å²) in [7, 11) is -5.14. The number of rotatable bonds is 5. The van der Waals surface area contributed by atoms with Crippen LogP contribution in [0.4, 0.5) is 0 Å². The van der Waals surface area contributed by atoms with E-state index in [-0.39, 0.29) is 19.5 Å². The minimum absolute atomic E-state index is 0. The van der Waals surface area contributed by atoms with Crippen LogP contribution in [0.2, 0.25) is 0 Å². The SMILES string of the molecule is CCCCC(CC)CO.O=P([O-])([O-])O.[Zn+2]. The molecule has 1 atom stereocenters. The Morgan fingerprint density at radius 2 is 1.73 bits per heavy atom. The molecule has 0 amide bonds. The predicted molar refractivity (Wildman–Crippen MR) is 50.2 cm³/mol. The van der Waals surface area contributed by atoms with Crippen LogP contribution in [0.5, 0.6) is 0 Å². The van der Waals surface area contributed by atoms with Crippen LogP contribution in [0.25, 0.3) is 0 Å². The van der Waals surface area contributed by atoms with Crippen molar-refractivity contribution in [3.05, 3.63) is 0 Å². The number of aliphatic hydroxyl groups excluding tert-OH is 1. The van der Waals surface area contributed by atoms with Crippen molar-refractivity contribution < 1.29 is 43.8 Å². The van der Waals surface area contributed by atoms with E-state index >= 15 is 0 Å². The topological polar surface area (TPSA) is 104 Å². The van der Waals surface area contributed by atoms with Gasteiger partial charge in [-0.3, -0.25) is 0 Å². The average molecular weight is 292 g/mol. The van der Waals surface area contributed by atoms with Crippen molar-refractivity contribution in [2.24, 2.45) is 5.92 Å². The standard InChI is InChI=1S/C8H18O.H3O4P.Zn/c1-3-5-6-8(4-2)7-9;1-5(2,3)4;/h8-9H,3-7H2,1-2H3;(H3,1,2,3,4);/q;;+2/p-2. The van der Waals surface area contributed by atoms with Crippen LogP contribution in [0.15, 0.2) is 0 Å². The number of aliphatic hydroxyl groups is 1. The third-order valence-electron chi connectivity index (χ3n) is 1.80. The molecule has 0 radical (unpaired) electrons. The van der Waals surface area contributed by atoms with Gasteiger partial charge in [0, 0.05) is 6.61 Å². The molecule has 0 aromatic carbocycles. The van der Waals surface area contributed by atoms with Gasteiger partial charge in [0.05, 0.1) is 7.82 Å². The molecule has 2 N–H and O–H groups in total. The summed E-state index contributed by atoms with van der Waals surface area (Å²) in [4.78, 5) is 24.3. The zero-order valence-electron chi connectivity index (χ0n) is 9.39. The summed E-state index contributed by atoms with van der Waals surface area (Å²) >= 11 is 0. The van der Waals surface area contributed by atoms with Crippen molar-refractivity contribution in [2.75, 3.05) is 6.61 Å². The number of unbranched alkanes of at least 4 members (excludes halogenated alkanes) is 1. The Balaban J connectivity index is -0.000000208. The monoisotopic (exact) mass is 290 g/mol. The molecule has 88 valence electrons. The molecule has 0 fully saturated rings. The molecule has 0 aliphatic rings. The molecule has 5 nitrogen and oxygen atoms in total. The van der Waals surface area contributed by atoms with Crippen LogP contribution >= 0.6 is 7.82 Å². The summed E-state index contributed by atoms with van der Waals surface area (Å²) in [6.45, 7) is 4.69.